The molecule has 3 nitrogen and oxygen atoms in total. The monoisotopic (exact) mass is 291 g/mol. The molecule has 2 aromatic carbocycles. The minimum atomic E-state index is -0.205. The highest BCUT2D eigenvalue weighted by Gasteiger charge is 2.50. The van der Waals surface area contributed by atoms with Gasteiger partial charge in [-0.15, -0.1) is 0 Å². The van der Waals surface area contributed by atoms with Gasteiger partial charge in [0, 0.05) is 0 Å². The predicted molar refractivity (Wildman–Crippen MR) is 86.3 cm³/mol. The Morgan fingerprint density at radius 3 is 2.55 bits per heavy atom. The van der Waals surface area contributed by atoms with E-state index in [4.69, 9.17) is 0 Å². The number of hydrogen-bond donors (Lipinski definition) is 0. The average molecular weight is 291 g/mol. The molecule has 1 aliphatic carbocycles. The molecule has 2 aliphatic rings. The minimum absolute atomic E-state index is 0.0536. The fourth-order valence-corrected chi connectivity index (χ4v) is 3.72. The number of carbonyl (C=O) groups is 2. The predicted octanol–water partition coefficient (Wildman–Crippen LogP) is 3.54. The van der Waals surface area contributed by atoms with Crippen LogP contribution in [-0.2, 0) is 9.59 Å². The van der Waals surface area contributed by atoms with Crippen molar-refractivity contribution >= 4 is 28.3 Å². The molecule has 0 spiro atoms. The molecule has 3 atom stereocenters. The standard InChI is InChI=1S/C19H17NO2/c1-12-5-4-8-16-17(12)19(22)20(18(16)21)15-10-9-13-6-2-3-7-14(13)11-15/h2-7,9-12,16-17H,8H2,1H3/t12-,16-,17-/m1/s1. The zero-order chi connectivity index (χ0) is 15.3. The molecule has 1 aliphatic heterocycles. The molecule has 2 amide bonds. The lowest BCUT2D eigenvalue weighted by atomic mass is 9.78. The third-order valence-corrected chi connectivity index (χ3v) is 4.86. The highest BCUT2D eigenvalue weighted by Crippen LogP contribution is 2.40. The quantitative estimate of drug-likeness (QED) is 0.595. The largest absolute Gasteiger partial charge is 0.274 e. The van der Waals surface area contributed by atoms with Gasteiger partial charge in [0.25, 0.3) is 0 Å². The van der Waals surface area contributed by atoms with E-state index in [9.17, 15) is 9.59 Å². The maximum atomic E-state index is 12.8. The molecule has 3 heteroatoms. The van der Waals surface area contributed by atoms with E-state index >= 15 is 0 Å². The normalized spacial score (nSPS) is 27.5. The lowest BCUT2D eigenvalue weighted by Crippen LogP contribution is -2.31. The van der Waals surface area contributed by atoms with Crippen LogP contribution < -0.4 is 4.90 Å². The van der Waals surface area contributed by atoms with Crippen molar-refractivity contribution < 1.29 is 9.59 Å². The number of nitrogens with zero attached hydrogens (tertiary/aromatic N) is 1. The first kappa shape index (κ1) is 13.3. The molecule has 0 bridgehead atoms. The molecule has 1 fully saturated rings. The SMILES string of the molecule is C[C@@H]1C=CC[C@H]2C(=O)N(c3ccc4ccccc4c3)C(=O)[C@H]12. The van der Waals surface area contributed by atoms with Crippen LogP contribution in [0.25, 0.3) is 10.8 Å². The maximum Gasteiger partial charge on any atom is 0.238 e. The Morgan fingerprint density at radius 2 is 1.77 bits per heavy atom. The number of anilines is 1. The summed E-state index contributed by atoms with van der Waals surface area (Å²) in [4.78, 5) is 26.9. The fraction of sp³-hybridized carbons (Fsp3) is 0.263. The Balaban J connectivity index is 1.78. The van der Waals surface area contributed by atoms with Gasteiger partial charge in [-0.2, -0.15) is 0 Å². The lowest BCUT2D eigenvalue weighted by molar-refractivity contribution is -0.122. The molecular formula is C19H17NO2. The highest BCUT2D eigenvalue weighted by molar-refractivity contribution is 6.22. The molecule has 0 unspecified atom stereocenters. The fourth-order valence-electron chi connectivity index (χ4n) is 3.72. The lowest BCUT2D eigenvalue weighted by Gasteiger charge is -2.22. The second kappa shape index (κ2) is 4.80. The van der Waals surface area contributed by atoms with Crippen molar-refractivity contribution in [3.8, 4) is 0 Å². The summed E-state index contributed by atoms with van der Waals surface area (Å²) in [6.45, 7) is 2.02. The summed E-state index contributed by atoms with van der Waals surface area (Å²) < 4.78 is 0. The number of fused-ring (bicyclic) bond motifs is 2. The van der Waals surface area contributed by atoms with Gasteiger partial charge in [-0.05, 0) is 35.2 Å². The van der Waals surface area contributed by atoms with Crippen molar-refractivity contribution in [3.63, 3.8) is 0 Å². The van der Waals surface area contributed by atoms with Gasteiger partial charge in [-0.1, -0.05) is 49.4 Å². The van der Waals surface area contributed by atoms with E-state index in [1.165, 1.54) is 4.90 Å². The van der Waals surface area contributed by atoms with Crippen LogP contribution in [0.1, 0.15) is 13.3 Å². The topological polar surface area (TPSA) is 37.4 Å². The zero-order valence-electron chi connectivity index (χ0n) is 12.4. The molecule has 0 radical (unpaired) electrons. The van der Waals surface area contributed by atoms with Crippen LogP contribution in [-0.4, -0.2) is 11.8 Å². The number of hydrogen-bond acceptors (Lipinski definition) is 2. The highest BCUT2D eigenvalue weighted by atomic mass is 16.2. The van der Waals surface area contributed by atoms with Crippen molar-refractivity contribution in [2.45, 2.75) is 13.3 Å². The average Bonchev–Trinajstić information content (AvgIpc) is 2.79. The van der Waals surface area contributed by atoms with Gasteiger partial charge in [0.2, 0.25) is 11.8 Å². The number of carbonyl (C=O) groups excluding carboxylic acids is 2. The van der Waals surface area contributed by atoms with Crippen molar-refractivity contribution in [2.24, 2.45) is 17.8 Å². The summed E-state index contributed by atoms with van der Waals surface area (Å²) >= 11 is 0. The Morgan fingerprint density at radius 1 is 1.00 bits per heavy atom. The molecular weight excluding hydrogens is 274 g/mol. The van der Waals surface area contributed by atoms with E-state index in [1.807, 2.05) is 55.5 Å². The summed E-state index contributed by atoms with van der Waals surface area (Å²) in [7, 11) is 0. The summed E-state index contributed by atoms with van der Waals surface area (Å²) in [5.74, 6) is -0.382. The first-order chi connectivity index (χ1) is 10.7. The summed E-state index contributed by atoms with van der Waals surface area (Å²) in [5.41, 5.74) is 0.690. The molecule has 110 valence electrons. The Hall–Kier alpha value is -2.42. The Bertz CT molecular complexity index is 808. The van der Waals surface area contributed by atoms with Gasteiger partial charge in [0.05, 0.1) is 17.5 Å². The van der Waals surface area contributed by atoms with Gasteiger partial charge in [0.1, 0.15) is 0 Å². The summed E-state index contributed by atoms with van der Waals surface area (Å²) in [5, 5.41) is 2.15. The number of amides is 2. The molecule has 22 heavy (non-hydrogen) atoms. The van der Waals surface area contributed by atoms with Crippen molar-refractivity contribution in [1.82, 2.24) is 0 Å². The van der Waals surface area contributed by atoms with E-state index in [0.717, 1.165) is 10.8 Å². The number of benzene rings is 2. The van der Waals surface area contributed by atoms with Crippen LogP contribution in [0.3, 0.4) is 0 Å². The van der Waals surface area contributed by atoms with Crippen LogP contribution in [0.5, 0.6) is 0 Å². The van der Waals surface area contributed by atoms with Gasteiger partial charge >= 0.3 is 0 Å². The van der Waals surface area contributed by atoms with E-state index in [0.29, 0.717) is 12.1 Å². The molecule has 4 rings (SSSR count). The molecule has 1 saturated heterocycles. The first-order valence-corrected chi connectivity index (χ1v) is 7.70. The molecule has 1 heterocycles. The van der Waals surface area contributed by atoms with Gasteiger partial charge < -0.3 is 0 Å². The zero-order valence-corrected chi connectivity index (χ0v) is 12.4. The second-order valence-corrected chi connectivity index (χ2v) is 6.20. The van der Waals surface area contributed by atoms with Crippen molar-refractivity contribution in [3.05, 3.63) is 54.6 Å². The Kier molecular flexibility index (Phi) is 2.89. The molecule has 0 N–H and O–H groups in total. The van der Waals surface area contributed by atoms with Crippen molar-refractivity contribution in [2.75, 3.05) is 4.90 Å². The first-order valence-electron chi connectivity index (χ1n) is 7.70. The van der Waals surface area contributed by atoms with Crippen LogP contribution >= 0.6 is 0 Å². The van der Waals surface area contributed by atoms with Gasteiger partial charge in [-0.25, -0.2) is 0 Å². The van der Waals surface area contributed by atoms with Gasteiger partial charge in [0.15, 0.2) is 0 Å². The molecule has 2 aromatic rings. The van der Waals surface area contributed by atoms with Crippen LogP contribution in [0, 0.1) is 17.8 Å². The van der Waals surface area contributed by atoms with Crippen LogP contribution in [0.4, 0.5) is 5.69 Å². The minimum Gasteiger partial charge on any atom is -0.274 e. The van der Waals surface area contributed by atoms with Crippen molar-refractivity contribution in [1.29, 1.82) is 0 Å². The van der Waals surface area contributed by atoms with E-state index in [2.05, 4.69) is 6.08 Å². The summed E-state index contributed by atoms with van der Waals surface area (Å²) in [6.07, 6.45) is 4.75. The number of imide groups is 1. The Labute approximate surface area is 129 Å². The molecule has 0 saturated carbocycles. The maximum absolute atomic E-state index is 12.8. The van der Waals surface area contributed by atoms with E-state index in [1.54, 1.807) is 0 Å². The van der Waals surface area contributed by atoms with Gasteiger partial charge in [-0.3, -0.25) is 14.5 Å². The number of rotatable bonds is 1. The second-order valence-electron chi connectivity index (χ2n) is 6.20. The van der Waals surface area contributed by atoms with E-state index in [-0.39, 0.29) is 29.6 Å². The molecule has 0 aromatic heterocycles. The third-order valence-electron chi connectivity index (χ3n) is 4.86. The van der Waals surface area contributed by atoms with E-state index < -0.39 is 0 Å². The van der Waals surface area contributed by atoms with Crippen LogP contribution in [0.2, 0.25) is 0 Å². The third kappa shape index (κ3) is 1.82. The summed E-state index contributed by atoms with van der Waals surface area (Å²) in [6, 6.07) is 13.7. The van der Waals surface area contributed by atoms with Crippen LogP contribution in [0.15, 0.2) is 54.6 Å². The smallest absolute Gasteiger partial charge is 0.238 e. The number of allylic oxidation sites excluding steroid dienone is 2.